The number of ether oxygens (including phenoxy) is 1. The molecule has 0 saturated heterocycles. The largest absolute Gasteiger partial charge is 0.480 e. The topological polar surface area (TPSA) is 75.5 Å². The first kappa shape index (κ1) is 13.2. The fraction of sp³-hybridized carbons (Fsp3) is 0.545. The normalized spacial score (nSPS) is 11.9. The fourth-order valence-corrected chi connectivity index (χ4v) is 1.13. The quantitative estimate of drug-likeness (QED) is 0.803. The molecule has 1 unspecified atom stereocenters. The van der Waals surface area contributed by atoms with Crippen LogP contribution in [0.15, 0.2) is 12.3 Å². The predicted octanol–water partition coefficient (Wildman–Crippen LogP) is 1.17. The molecule has 1 N–H and O–H groups in total. The molecule has 0 aliphatic heterocycles. The lowest BCUT2D eigenvalue weighted by molar-refractivity contribution is -0.138. The average molecular weight is 239 g/mol. The zero-order chi connectivity index (χ0) is 12.8. The molecule has 1 atom stereocenters. The van der Waals surface area contributed by atoms with Crippen molar-refractivity contribution in [3.63, 3.8) is 0 Å². The maximum Gasteiger partial charge on any atom is 0.326 e. The van der Waals surface area contributed by atoms with Gasteiger partial charge in [-0.15, -0.1) is 0 Å². The standard InChI is InChI=1S/C11H17N3O3/c1-4-7-17-9-5-6-12-11(13-9)14(3)8(2)10(15)16/h5-6,8H,4,7H2,1-3H3,(H,15,16). The number of carboxylic acid groups (broad SMARTS) is 1. The van der Waals surface area contributed by atoms with Gasteiger partial charge in [-0.3, -0.25) is 0 Å². The highest BCUT2D eigenvalue weighted by atomic mass is 16.5. The van der Waals surface area contributed by atoms with Crippen LogP contribution < -0.4 is 9.64 Å². The summed E-state index contributed by atoms with van der Waals surface area (Å²) >= 11 is 0. The summed E-state index contributed by atoms with van der Waals surface area (Å²) in [7, 11) is 1.64. The number of carboxylic acids is 1. The molecule has 1 rings (SSSR count). The maximum atomic E-state index is 10.8. The third kappa shape index (κ3) is 3.58. The molecule has 1 aromatic rings. The second-order valence-electron chi connectivity index (χ2n) is 3.67. The van der Waals surface area contributed by atoms with Crippen LogP contribution in [-0.4, -0.2) is 40.7 Å². The number of likely N-dealkylation sites (N-methyl/N-ethyl adjacent to an activating group) is 1. The van der Waals surface area contributed by atoms with Crippen LogP contribution in [-0.2, 0) is 4.79 Å². The van der Waals surface area contributed by atoms with Gasteiger partial charge in [-0.1, -0.05) is 6.92 Å². The van der Waals surface area contributed by atoms with E-state index in [1.54, 1.807) is 26.2 Å². The highest BCUT2D eigenvalue weighted by Crippen LogP contribution is 2.13. The highest BCUT2D eigenvalue weighted by Gasteiger charge is 2.19. The lowest BCUT2D eigenvalue weighted by atomic mass is 10.3. The highest BCUT2D eigenvalue weighted by molar-refractivity contribution is 5.76. The van der Waals surface area contributed by atoms with Crippen molar-refractivity contribution in [2.24, 2.45) is 0 Å². The van der Waals surface area contributed by atoms with Gasteiger partial charge in [0, 0.05) is 19.3 Å². The Balaban J connectivity index is 2.80. The number of aromatic nitrogens is 2. The van der Waals surface area contributed by atoms with Gasteiger partial charge in [0.2, 0.25) is 11.8 Å². The van der Waals surface area contributed by atoms with Crippen molar-refractivity contribution >= 4 is 11.9 Å². The Kier molecular flexibility index (Phi) is 4.68. The summed E-state index contributed by atoms with van der Waals surface area (Å²) in [6.07, 6.45) is 2.44. The zero-order valence-electron chi connectivity index (χ0n) is 10.3. The molecule has 1 aromatic heterocycles. The molecular formula is C11H17N3O3. The molecule has 0 amide bonds. The Morgan fingerprint density at radius 1 is 1.65 bits per heavy atom. The van der Waals surface area contributed by atoms with E-state index in [9.17, 15) is 4.79 Å². The van der Waals surface area contributed by atoms with Gasteiger partial charge in [0.05, 0.1) is 6.61 Å². The lowest BCUT2D eigenvalue weighted by Gasteiger charge is -2.21. The van der Waals surface area contributed by atoms with Crippen molar-refractivity contribution in [2.75, 3.05) is 18.6 Å². The van der Waals surface area contributed by atoms with Crippen molar-refractivity contribution in [3.8, 4) is 5.88 Å². The summed E-state index contributed by atoms with van der Waals surface area (Å²) in [4.78, 5) is 20.5. The van der Waals surface area contributed by atoms with Crippen molar-refractivity contribution in [3.05, 3.63) is 12.3 Å². The molecule has 6 heteroatoms. The van der Waals surface area contributed by atoms with E-state index in [-0.39, 0.29) is 0 Å². The average Bonchev–Trinajstić information content (AvgIpc) is 2.34. The number of nitrogens with zero attached hydrogens (tertiary/aromatic N) is 3. The van der Waals surface area contributed by atoms with Gasteiger partial charge in [-0.2, -0.15) is 4.98 Å². The van der Waals surface area contributed by atoms with Crippen molar-refractivity contribution in [1.29, 1.82) is 0 Å². The van der Waals surface area contributed by atoms with Gasteiger partial charge in [-0.25, -0.2) is 9.78 Å². The predicted molar refractivity (Wildman–Crippen MR) is 63.3 cm³/mol. The van der Waals surface area contributed by atoms with Crippen LogP contribution in [0.4, 0.5) is 5.95 Å². The van der Waals surface area contributed by atoms with E-state index < -0.39 is 12.0 Å². The first-order chi connectivity index (χ1) is 8.06. The maximum absolute atomic E-state index is 10.8. The van der Waals surface area contributed by atoms with Gasteiger partial charge in [0.15, 0.2) is 0 Å². The molecule has 0 aliphatic carbocycles. The third-order valence-electron chi connectivity index (χ3n) is 2.33. The molecule has 94 valence electrons. The van der Waals surface area contributed by atoms with Gasteiger partial charge in [0.1, 0.15) is 6.04 Å². The number of hydrogen-bond acceptors (Lipinski definition) is 5. The lowest BCUT2D eigenvalue weighted by Crippen LogP contribution is -2.36. The second-order valence-corrected chi connectivity index (χ2v) is 3.67. The van der Waals surface area contributed by atoms with E-state index in [1.165, 1.54) is 4.90 Å². The van der Waals surface area contributed by atoms with Crippen LogP contribution in [0.3, 0.4) is 0 Å². The van der Waals surface area contributed by atoms with Crippen LogP contribution in [0.2, 0.25) is 0 Å². The molecule has 0 fully saturated rings. The first-order valence-corrected chi connectivity index (χ1v) is 5.47. The van der Waals surface area contributed by atoms with E-state index in [4.69, 9.17) is 9.84 Å². The molecule has 1 heterocycles. The third-order valence-corrected chi connectivity index (χ3v) is 2.33. The molecule has 0 radical (unpaired) electrons. The van der Waals surface area contributed by atoms with Gasteiger partial charge >= 0.3 is 5.97 Å². The van der Waals surface area contributed by atoms with Crippen molar-refractivity contribution in [2.45, 2.75) is 26.3 Å². The van der Waals surface area contributed by atoms with E-state index in [1.807, 2.05) is 6.92 Å². The Morgan fingerprint density at radius 3 is 2.94 bits per heavy atom. The summed E-state index contributed by atoms with van der Waals surface area (Å²) in [5, 5.41) is 8.90. The van der Waals surface area contributed by atoms with E-state index in [2.05, 4.69) is 9.97 Å². The Bertz CT molecular complexity index is 384. The van der Waals surface area contributed by atoms with E-state index in [0.29, 0.717) is 18.4 Å². The molecule has 0 bridgehead atoms. The number of aliphatic carboxylic acids is 1. The number of hydrogen-bond donors (Lipinski definition) is 1. The van der Waals surface area contributed by atoms with Crippen LogP contribution in [0, 0.1) is 0 Å². The van der Waals surface area contributed by atoms with Gasteiger partial charge in [0.25, 0.3) is 0 Å². The number of anilines is 1. The summed E-state index contributed by atoms with van der Waals surface area (Å²) in [5.41, 5.74) is 0. The minimum absolute atomic E-state index is 0.341. The molecular weight excluding hydrogens is 222 g/mol. The number of rotatable bonds is 6. The summed E-state index contributed by atoms with van der Waals surface area (Å²) in [5.74, 6) is -0.120. The summed E-state index contributed by atoms with van der Waals surface area (Å²) < 4.78 is 5.36. The number of carbonyl (C=O) groups is 1. The Morgan fingerprint density at radius 2 is 2.35 bits per heavy atom. The van der Waals surface area contributed by atoms with Gasteiger partial charge in [-0.05, 0) is 13.3 Å². The molecule has 0 aliphatic rings. The van der Waals surface area contributed by atoms with Crippen LogP contribution in [0.5, 0.6) is 5.88 Å². The Hall–Kier alpha value is -1.85. The summed E-state index contributed by atoms with van der Waals surface area (Å²) in [6.45, 7) is 4.15. The van der Waals surface area contributed by atoms with Crippen molar-refractivity contribution in [1.82, 2.24) is 9.97 Å². The molecule has 17 heavy (non-hydrogen) atoms. The van der Waals surface area contributed by atoms with Crippen LogP contribution >= 0.6 is 0 Å². The van der Waals surface area contributed by atoms with Crippen LogP contribution in [0.25, 0.3) is 0 Å². The smallest absolute Gasteiger partial charge is 0.326 e. The molecule has 6 nitrogen and oxygen atoms in total. The Labute approximate surface area is 100 Å². The molecule has 0 aromatic carbocycles. The minimum Gasteiger partial charge on any atom is -0.480 e. The van der Waals surface area contributed by atoms with Crippen LogP contribution in [0.1, 0.15) is 20.3 Å². The minimum atomic E-state index is -0.920. The molecule has 0 spiro atoms. The zero-order valence-corrected chi connectivity index (χ0v) is 10.3. The summed E-state index contributed by atoms with van der Waals surface area (Å²) in [6, 6.07) is 0.967. The monoisotopic (exact) mass is 239 g/mol. The van der Waals surface area contributed by atoms with E-state index in [0.717, 1.165) is 6.42 Å². The van der Waals surface area contributed by atoms with Gasteiger partial charge < -0.3 is 14.7 Å². The van der Waals surface area contributed by atoms with E-state index >= 15 is 0 Å². The fourth-order valence-electron chi connectivity index (χ4n) is 1.13. The first-order valence-electron chi connectivity index (χ1n) is 5.47. The SMILES string of the molecule is CCCOc1ccnc(N(C)C(C)C(=O)O)n1. The van der Waals surface area contributed by atoms with Crippen molar-refractivity contribution < 1.29 is 14.6 Å². The second kappa shape index (κ2) is 6.03. The molecule has 0 saturated carbocycles.